The van der Waals surface area contributed by atoms with Crippen molar-refractivity contribution in [3.63, 3.8) is 0 Å². The maximum Gasteiger partial charge on any atom is 1.00 e. The van der Waals surface area contributed by atoms with Crippen LogP contribution in [0.1, 0.15) is 0 Å². The number of rotatable bonds is 0. The van der Waals surface area contributed by atoms with Crippen molar-refractivity contribution >= 4 is 18.5 Å². The average molecular weight is 318 g/mol. The van der Waals surface area contributed by atoms with E-state index in [0.29, 0.717) is 0 Å². The fourth-order valence-electron chi connectivity index (χ4n) is 0. The molecule has 0 fully saturated rings. The third-order valence-corrected chi connectivity index (χ3v) is 0. The molecule has 0 aromatic rings. The van der Waals surface area contributed by atoms with E-state index >= 15 is 0 Å². The van der Waals surface area contributed by atoms with Crippen LogP contribution in [0.3, 0.4) is 0 Å². The van der Waals surface area contributed by atoms with Crippen LogP contribution in [-0.2, 0) is 0 Å². The summed E-state index contributed by atoms with van der Waals surface area (Å²) < 4.78 is 0. The first kappa shape index (κ1) is 57.2. The van der Waals surface area contributed by atoms with E-state index in [1.54, 1.807) is 0 Å². The number of hydrogen-bond donors (Lipinski definition) is 0. The van der Waals surface area contributed by atoms with Gasteiger partial charge < -0.3 is 45.0 Å². The Hall–Kier alpha value is 4.28. The molecule has 0 N–H and O–H groups in total. The molecule has 0 heterocycles. The second-order valence-electron chi connectivity index (χ2n) is 0.750. The van der Waals surface area contributed by atoms with Crippen molar-refractivity contribution in [2.24, 2.45) is 0 Å². The molecule has 0 spiro atoms. The predicted molar refractivity (Wildman–Crippen MR) is 16.2 cm³/mol. The summed E-state index contributed by atoms with van der Waals surface area (Å²) in [7, 11) is 0. The Morgan fingerprint density at radius 2 is 0.500 bits per heavy atom. The van der Waals surface area contributed by atoms with Gasteiger partial charge in [0.2, 0.25) is 0 Å². The van der Waals surface area contributed by atoms with Gasteiger partial charge in [-0.05, 0) is 18.5 Å². The van der Waals surface area contributed by atoms with Gasteiger partial charge in [-0.25, -0.2) is 0 Å². The minimum absolute atomic E-state index is 0. The molecule has 9 nitrogen and oxygen atoms in total. The molecule has 18 heavy (non-hydrogen) atoms. The van der Waals surface area contributed by atoms with Crippen LogP contribution in [0.5, 0.6) is 0 Å². The average Bonchev–Trinajstić information content (AvgIpc) is 1.54. The molecule has 0 bridgehead atoms. The van der Waals surface area contributed by atoms with Gasteiger partial charge in [0.25, 0.3) is 0 Å². The standard InChI is InChI=1S/3CH2O3.2K.2Li.2Na/c3*2-1(3)4;;;;;;/h3*(H2,2,3,4);;;;;;/q;;;6*+1/p-6. The quantitative estimate of drug-likeness (QED) is 0.390. The van der Waals surface area contributed by atoms with Gasteiger partial charge in [0, 0.05) is 0 Å². The Balaban J connectivity index is -0.00000000827. The Labute approximate surface area is 256 Å². The summed E-state index contributed by atoms with van der Waals surface area (Å²) in [5.41, 5.74) is 0. The molecule has 72 valence electrons. The van der Waals surface area contributed by atoms with Gasteiger partial charge in [0.1, 0.15) is 0 Å². The van der Waals surface area contributed by atoms with Gasteiger partial charge in [0.05, 0.1) is 0 Å². The maximum absolute atomic E-state index is 8.33. The fraction of sp³-hybridized carbons (Fsp3) is 0. The zero-order valence-electron chi connectivity index (χ0n) is 11.2. The molecule has 0 rings (SSSR count). The molecule has 0 radical (unpaired) electrons. The second kappa shape index (κ2) is 49.6. The van der Waals surface area contributed by atoms with Crippen LogP contribution in [0, 0.1) is 0 Å². The Morgan fingerprint density at radius 3 is 0.500 bits per heavy atom. The Bertz CT molecular complexity index is 133. The summed E-state index contributed by atoms with van der Waals surface area (Å²) in [4.78, 5) is 25.0. The zero-order valence-corrected chi connectivity index (χ0v) is 21.4. The molecule has 0 amide bonds. The first-order valence-electron chi connectivity index (χ1n) is 1.84. The molecular formula is C3K2Li2Na2O9. The van der Waals surface area contributed by atoms with E-state index < -0.39 is 18.5 Å². The monoisotopic (exact) mass is 318 g/mol. The molecule has 15 heteroatoms. The van der Waals surface area contributed by atoms with Crippen LogP contribution in [0.25, 0.3) is 0 Å². The molecular weight excluding hydrogens is 318 g/mol. The van der Waals surface area contributed by atoms with E-state index in [1.165, 1.54) is 0 Å². The second-order valence-corrected chi connectivity index (χ2v) is 0.750. The van der Waals surface area contributed by atoms with Gasteiger partial charge in [-0.1, -0.05) is 0 Å². The number of carboxylic acid groups (broad SMARTS) is 6. The first-order valence-corrected chi connectivity index (χ1v) is 1.84. The van der Waals surface area contributed by atoms with Crippen molar-refractivity contribution in [1.29, 1.82) is 0 Å². The maximum atomic E-state index is 8.33. The molecule has 0 aromatic heterocycles. The Kier molecular flexibility index (Phi) is 158. The van der Waals surface area contributed by atoms with Gasteiger partial charge in [-0.15, -0.1) is 0 Å². The predicted octanol–water partition coefficient (Wildman–Crippen LogP) is -25.3. The van der Waals surface area contributed by atoms with E-state index in [4.69, 9.17) is 45.0 Å². The van der Waals surface area contributed by atoms with Crippen molar-refractivity contribution < 1.29 is 245 Å². The normalized spacial score (nSPS) is 4.00. The van der Waals surface area contributed by atoms with Crippen LogP contribution in [0.4, 0.5) is 14.4 Å². The van der Waals surface area contributed by atoms with Crippen LogP contribution in [0.2, 0.25) is 0 Å². The minimum atomic E-state index is -2.33. The van der Waals surface area contributed by atoms with E-state index in [9.17, 15) is 0 Å². The summed E-state index contributed by atoms with van der Waals surface area (Å²) in [5, 5.41) is 50.0. The van der Waals surface area contributed by atoms with Gasteiger partial charge >= 0.3 is 200 Å². The van der Waals surface area contributed by atoms with Crippen LogP contribution in [-0.4, -0.2) is 18.5 Å². The smallest absolute Gasteiger partial charge is 0.652 e. The molecule has 0 atom stereocenters. The fourth-order valence-corrected chi connectivity index (χ4v) is 0. The third kappa shape index (κ3) is 412. The largest absolute Gasteiger partial charge is 1.00 e. The summed E-state index contributed by atoms with van der Waals surface area (Å²) >= 11 is 0. The molecule has 0 saturated heterocycles. The topological polar surface area (TPSA) is 190 Å². The number of carbonyl (C=O) groups excluding carboxylic acids is 3. The molecule has 0 aliphatic heterocycles. The van der Waals surface area contributed by atoms with Crippen molar-refractivity contribution in [2.75, 3.05) is 0 Å². The number of carbonyl (C=O) groups is 3. The van der Waals surface area contributed by atoms with Crippen molar-refractivity contribution in [3.8, 4) is 0 Å². The molecule has 0 aliphatic carbocycles. The van der Waals surface area contributed by atoms with Gasteiger partial charge in [-0.2, -0.15) is 0 Å². The van der Waals surface area contributed by atoms with Crippen molar-refractivity contribution in [2.45, 2.75) is 0 Å². The minimum Gasteiger partial charge on any atom is -0.652 e. The zero-order chi connectivity index (χ0) is 10.7. The van der Waals surface area contributed by atoms with Crippen LogP contribution in [0.15, 0.2) is 0 Å². The molecule has 0 aromatic carbocycles. The number of hydrogen-bond acceptors (Lipinski definition) is 9. The SMILES string of the molecule is O=C([O-])[O-].O=C([O-])[O-].O=C([O-])[O-].[K+].[K+].[Li+].[Li+].[Na+].[Na+]. The molecule has 0 unspecified atom stereocenters. The summed E-state index contributed by atoms with van der Waals surface area (Å²) in [5.74, 6) is 0. The summed E-state index contributed by atoms with van der Waals surface area (Å²) in [6, 6.07) is 0. The van der Waals surface area contributed by atoms with E-state index in [-0.39, 0.29) is 200 Å². The summed E-state index contributed by atoms with van der Waals surface area (Å²) in [6.45, 7) is 0. The van der Waals surface area contributed by atoms with Crippen molar-refractivity contribution in [3.05, 3.63) is 0 Å². The summed E-state index contributed by atoms with van der Waals surface area (Å²) in [6.07, 6.45) is -7.00. The van der Waals surface area contributed by atoms with Crippen molar-refractivity contribution in [1.82, 2.24) is 0 Å². The van der Waals surface area contributed by atoms with E-state index in [1.807, 2.05) is 0 Å². The molecule has 0 aliphatic rings. The van der Waals surface area contributed by atoms with Gasteiger partial charge in [-0.3, -0.25) is 0 Å². The van der Waals surface area contributed by atoms with Crippen LogP contribution >= 0.6 is 0 Å². The first-order chi connectivity index (χ1) is 5.20. The Morgan fingerprint density at radius 1 is 0.500 bits per heavy atom. The molecule has 0 saturated carbocycles. The third-order valence-electron chi connectivity index (χ3n) is 0. The van der Waals surface area contributed by atoms with Crippen LogP contribution < -0.4 is 230 Å². The van der Waals surface area contributed by atoms with Gasteiger partial charge in [0.15, 0.2) is 0 Å². The van der Waals surface area contributed by atoms with E-state index in [0.717, 1.165) is 0 Å². The van der Waals surface area contributed by atoms with E-state index in [2.05, 4.69) is 0 Å².